The quantitative estimate of drug-likeness (QED) is 0.510. The van der Waals surface area contributed by atoms with Gasteiger partial charge in [-0.2, -0.15) is 0 Å². The lowest BCUT2D eigenvalue weighted by Crippen LogP contribution is -2.51. The second kappa shape index (κ2) is 6.99. The van der Waals surface area contributed by atoms with Crippen molar-refractivity contribution >= 4 is 23.0 Å². The van der Waals surface area contributed by atoms with Crippen molar-refractivity contribution in [2.24, 2.45) is 10.7 Å². The average Bonchev–Trinajstić information content (AvgIpc) is 3.09. The number of aromatic amines is 1. The first-order valence-electron chi connectivity index (χ1n) is 8.73. The van der Waals surface area contributed by atoms with Crippen molar-refractivity contribution in [1.82, 2.24) is 15.3 Å². The van der Waals surface area contributed by atoms with Gasteiger partial charge in [-0.15, -0.1) is 0 Å². The first-order valence-corrected chi connectivity index (χ1v) is 8.73. The zero-order chi connectivity index (χ0) is 20.6. The van der Waals surface area contributed by atoms with E-state index in [0.29, 0.717) is 34.1 Å². The minimum atomic E-state index is -1.26. The van der Waals surface area contributed by atoms with E-state index in [2.05, 4.69) is 25.6 Å². The molecular weight excluding hydrogens is 376 g/mol. The molecule has 1 aliphatic heterocycles. The molecule has 1 aliphatic rings. The summed E-state index contributed by atoms with van der Waals surface area (Å²) in [6, 6.07) is 6.99. The van der Waals surface area contributed by atoms with Gasteiger partial charge < -0.3 is 24.5 Å². The summed E-state index contributed by atoms with van der Waals surface area (Å²) in [6.07, 6.45) is 3.25. The molecule has 1 unspecified atom stereocenters. The molecule has 3 aromatic rings. The van der Waals surface area contributed by atoms with E-state index in [1.54, 1.807) is 36.7 Å². The van der Waals surface area contributed by atoms with Crippen LogP contribution in [0.2, 0.25) is 0 Å². The number of aliphatic imine (C=N–C) groups is 1. The van der Waals surface area contributed by atoms with Gasteiger partial charge in [-0.1, -0.05) is 0 Å². The topological polar surface area (TPSA) is 140 Å². The molecule has 0 fully saturated rings. The number of methoxy groups -OCH3 is 2. The van der Waals surface area contributed by atoms with Gasteiger partial charge in [-0.25, -0.2) is 14.8 Å². The van der Waals surface area contributed by atoms with Crippen LogP contribution < -0.4 is 31.6 Å². The minimum absolute atomic E-state index is 0.354. The Bertz CT molecular complexity index is 1190. The summed E-state index contributed by atoms with van der Waals surface area (Å²) >= 11 is 0. The average molecular weight is 396 g/mol. The van der Waals surface area contributed by atoms with E-state index >= 15 is 0 Å². The summed E-state index contributed by atoms with van der Waals surface area (Å²) < 4.78 is 15.5. The van der Waals surface area contributed by atoms with Gasteiger partial charge in [-0.3, -0.25) is 10.7 Å². The maximum atomic E-state index is 11.4. The molecule has 0 saturated carbocycles. The molecule has 29 heavy (non-hydrogen) atoms. The zero-order valence-corrected chi connectivity index (χ0v) is 16.1. The molecule has 1 atom stereocenters. The van der Waals surface area contributed by atoms with Crippen LogP contribution in [0.15, 0.2) is 56.1 Å². The number of ether oxygens (including phenoxy) is 2. The number of anilines is 1. The van der Waals surface area contributed by atoms with Crippen LogP contribution in [0.3, 0.4) is 0 Å². The Hall–Kier alpha value is -3.79. The first kappa shape index (κ1) is 18.6. The third-order valence-corrected chi connectivity index (χ3v) is 4.53. The van der Waals surface area contributed by atoms with E-state index in [1.165, 1.54) is 14.2 Å². The van der Waals surface area contributed by atoms with Gasteiger partial charge in [0.25, 0.3) is 5.88 Å². The van der Waals surface area contributed by atoms with Gasteiger partial charge in [0.15, 0.2) is 11.3 Å². The van der Waals surface area contributed by atoms with Crippen LogP contribution in [0.25, 0.3) is 11.1 Å². The number of oxazole rings is 1. The van der Waals surface area contributed by atoms with E-state index in [-0.39, 0.29) is 0 Å². The molecule has 4 rings (SSSR count). The van der Waals surface area contributed by atoms with Crippen molar-refractivity contribution in [2.75, 3.05) is 19.5 Å². The molecule has 0 amide bonds. The number of fused-ring (bicyclic) bond motifs is 1. The Morgan fingerprint density at radius 3 is 2.83 bits per heavy atom. The van der Waals surface area contributed by atoms with E-state index in [4.69, 9.17) is 19.6 Å². The van der Waals surface area contributed by atoms with Crippen LogP contribution in [-0.2, 0) is 5.79 Å². The molecule has 0 saturated heterocycles. The fourth-order valence-corrected chi connectivity index (χ4v) is 2.98. The molecule has 0 spiro atoms. The Labute approximate surface area is 165 Å². The molecule has 0 bridgehead atoms. The Balaban J connectivity index is 1.63. The second-order valence-corrected chi connectivity index (χ2v) is 6.49. The second-order valence-electron chi connectivity index (χ2n) is 6.49. The number of nitrogens with two attached hydrogens (primary N) is 1. The van der Waals surface area contributed by atoms with Crippen molar-refractivity contribution < 1.29 is 13.9 Å². The number of nitrogens with zero attached hydrogens (tertiary/aromatic N) is 2. The summed E-state index contributed by atoms with van der Waals surface area (Å²) in [5.74, 6) is -0.309. The van der Waals surface area contributed by atoms with Gasteiger partial charge in [0.2, 0.25) is 5.79 Å². The lowest BCUT2D eigenvalue weighted by atomic mass is 10.1. The number of rotatable bonds is 5. The molecule has 10 heteroatoms. The highest BCUT2D eigenvalue weighted by molar-refractivity contribution is 5.82. The molecular formula is C19H20N6O4. The van der Waals surface area contributed by atoms with Crippen molar-refractivity contribution in [3.8, 4) is 11.6 Å². The van der Waals surface area contributed by atoms with Gasteiger partial charge >= 0.3 is 5.76 Å². The normalized spacial score (nSPS) is 18.6. The highest BCUT2D eigenvalue weighted by atomic mass is 16.5. The smallest absolute Gasteiger partial charge is 0.417 e. The fourth-order valence-electron chi connectivity index (χ4n) is 2.98. The molecule has 0 aliphatic carbocycles. The number of hydrogen-bond acceptors (Lipinski definition) is 9. The third kappa shape index (κ3) is 3.41. The third-order valence-electron chi connectivity index (χ3n) is 4.53. The molecule has 150 valence electrons. The monoisotopic (exact) mass is 396 g/mol. The van der Waals surface area contributed by atoms with Crippen LogP contribution in [0.5, 0.6) is 11.6 Å². The summed E-state index contributed by atoms with van der Waals surface area (Å²) in [5.41, 5.74) is 9.76. The van der Waals surface area contributed by atoms with E-state index in [1.807, 2.05) is 6.92 Å². The van der Waals surface area contributed by atoms with Crippen LogP contribution in [0.1, 0.15) is 12.5 Å². The summed E-state index contributed by atoms with van der Waals surface area (Å²) in [5, 5.41) is 6.47. The first-order chi connectivity index (χ1) is 13.9. The largest absolute Gasteiger partial charge is 0.491 e. The predicted molar refractivity (Wildman–Crippen MR) is 108 cm³/mol. The summed E-state index contributed by atoms with van der Waals surface area (Å²) in [6.45, 7) is 1.89. The zero-order valence-electron chi connectivity index (χ0n) is 16.1. The van der Waals surface area contributed by atoms with Crippen molar-refractivity contribution in [2.45, 2.75) is 12.7 Å². The molecule has 10 nitrogen and oxygen atoms in total. The Kier molecular flexibility index (Phi) is 4.47. The SMILES string of the molecule is COc1cc(C2(N)N=CC(C)=C(Nc3ccc4oc(=O)[nH]c4c3)N2)cnc1OC. The lowest BCUT2D eigenvalue weighted by Gasteiger charge is -2.33. The van der Waals surface area contributed by atoms with Crippen LogP contribution >= 0.6 is 0 Å². The van der Waals surface area contributed by atoms with Crippen molar-refractivity contribution in [1.29, 1.82) is 0 Å². The number of benzene rings is 1. The minimum Gasteiger partial charge on any atom is -0.491 e. The highest BCUT2D eigenvalue weighted by Crippen LogP contribution is 2.30. The maximum absolute atomic E-state index is 11.4. The number of pyridine rings is 1. The number of allylic oxidation sites excluding steroid dienone is 1. The van der Waals surface area contributed by atoms with Gasteiger partial charge in [-0.05, 0) is 31.2 Å². The molecule has 2 aromatic heterocycles. The molecule has 1 aromatic carbocycles. The highest BCUT2D eigenvalue weighted by Gasteiger charge is 2.31. The summed E-state index contributed by atoms with van der Waals surface area (Å²) in [7, 11) is 3.04. The van der Waals surface area contributed by atoms with Crippen LogP contribution in [0, 0.1) is 0 Å². The maximum Gasteiger partial charge on any atom is 0.417 e. The van der Waals surface area contributed by atoms with Gasteiger partial charge in [0.05, 0.1) is 19.7 Å². The number of aromatic nitrogens is 2. The Morgan fingerprint density at radius 2 is 2.07 bits per heavy atom. The van der Waals surface area contributed by atoms with Gasteiger partial charge in [0.1, 0.15) is 5.82 Å². The molecule has 0 radical (unpaired) electrons. The van der Waals surface area contributed by atoms with E-state index in [0.717, 1.165) is 11.3 Å². The fraction of sp³-hybridized carbons (Fsp3) is 0.211. The number of H-pyrrole nitrogens is 1. The van der Waals surface area contributed by atoms with Crippen LogP contribution in [0.4, 0.5) is 5.69 Å². The molecule has 3 heterocycles. The number of nitrogens with one attached hydrogen (secondary N) is 3. The Morgan fingerprint density at radius 1 is 1.24 bits per heavy atom. The van der Waals surface area contributed by atoms with Crippen LogP contribution in [-0.4, -0.2) is 30.4 Å². The lowest BCUT2D eigenvalue weighted by molar-refractivity contribution is 0.336. The van der Waals surface area contributed by atoms with E-state index < -0.39 is 11.5 Å². The van der Waals surface area contributed by atoms with Gasteiger partial charge in [0, 0.05) is 29.2 Å². The molecule has 5 N–H and O–H groups in total. The van der Waals surface area contributed by atoms with Crippen molar-refractivity contribution in [3.05, 3.63) is 58.0 Å². The summed E-state index contributed by atoms with van der Waals surface area (Å²) in [4.78, 5) is 22.7. The standard InChI is InChI=1S/C19H20N6O4/c1-10-8-22-19(20,11-6-15(27-2)17(28-3)21-9-11)25-16(10)23-12-4-5-14-13(7-12)24-18(26)29-14/h4-9,23,25H,20H2,1-3H3,(H,24,26). The van der Waals surface area contributed by atoms with E-state index in [9.17, 15) is 4.79 Å². The number of hydrogen-bond donors (Lipinski definition) is 4. The predicted octanol–water partition coefficient (Wildman–Crippen LogP) is 1.62. The van der Waals surface area contributed by atoms with Crippen molar-refractivity contribution in [3.63, 3.8) is 0 Å².